The first-order valence-electron chi connectivity index (χ1n) is 8.86. The van der Waals surface area contributed by atoms with Crippen molar-refractivity contribution in [2.45, 2.75) is 90.4 Å². The number of rotatable bonds is 14. The minimum atomic E-state index is -0.498. The van der Waals surface area contributed by atoms with E-state index in [4.69, 9.17) is 0 Å². The lowest BCUT2D eigenvalue weighted by atomic mass is 10.1. The molecule has 0 radical (unpaired) electrons. The van der Waals surface area contributed by atoms with E-state index >= 15 is 0 Å². The molecule has 124 valence electrons. The van der Waals surface area contributed by atoms with Crippen molar-refractivity contribution in [2.24, 2.45) is 0 Å². The van der Waals surface area contributed by atoms with Crippen LogP contribution in [-0.4, -0.2) is 26.2 Å². The molecule has 0 aromatic heterocycles. The molecule has 0 saturated heterocycles. The minimum absolute atomic E-state index is 0. The second-order valence-corrected chi connectivity index (χ2v) is 12.3. The molecule has 0 rings (SSSR count). The number of hydrogen-bond donors (Lipinski definition) is 0. The number of unbranched alkanes of at least 4 members (excludes halogenated alkanes) is 12. The second-order valence-electron chi connectivity index (χ2n) is 7.26. The summed E-state index contributed by atoms with van der Waals surface area (Å²) in [5.41, 5.74) is 0. The van der Waals surface area contributed by atoms with Crippen LogP contribution in [0.5, 0.6) is 0 Å². The SMILES string of the molecule is CCCCCCCCCCCCCCC[P+](C)(C)C.[Br-]. The summed E-state index contributed by atoms with van der Waals surface area (Å²) >= 11 is 0. The van der Waals surface area contributed by atoms with Gasteiger partial charge in [-0.2, -0.15) is 0 Å². The zero-order chi connectivity index (χ0) is 14.4. The van der Waals surface area contributed by atoms with E-state index in [-0.39, 0.29) is 17.0 Å². The van der Waals surface area contributed by atoms with Crippen LogP contribution < -0.4 is 17.0 Å². The largest absolute Gasteiger partial charge is 1.00 e. The van der Waals surface area contributed by atoms with Crippen molar-refractivity contribution < 1.29 is 17.0 Å². The van der Waals surface area contributed by atoms with Gasteiger partial charge in [0.2, 0.25) is 0 Å². The van der Waals surface area contributed by atoms with Crippen molar-refractivity contribution in [3.63, 3.8) is 0 Å². The Balaban J connectivity index is 0. The third kappa shape index (κ3) is 21.2. The van der Waals surface area contributed by atoms with Gasteiger partial charge in [-0.1, -0.05) is 77.6 Å². The molecule has 0 heterocycles. The molecule has 0 aromatic carbocycles. The fourth-order valence-corrected chi connectivity index (χ4v) is 3.78. The predicted molar refractivity (Wildman–Crippen MR) is 95.3 cm³/mol. The van der Waals surface area contributed by atoms with Gasteiger partial charge in [0.15, 0.2) is 0 Å². The third-order valence-electron chi connectivity index (χ3n) is 3.93. The van der Waals surface area contributed by atoms with Gasteiger partial charge < -0.3 is 17.0 Å². The van der Waals surface area contributed by atoms with Crippen LogP contribution in [0.4, 0.5) is 0 Å². The summed E-state index contributed by atoms with van der Waals surface area (Å²) in [6.45, 7) is 9.69. The minimum Gasteiger partial charge on any atom is -1.00 e. The highest BCUT2D eigenvalue weighted by Gasteiger charge is 2.15. The van der Waals surface area contributed by atoms with Crippen molar-refractivity contribution in [1.82, 2.24) is 0 Å². The van der Waals surface area contributed by atoms with Gasteiger partial charge in [0.05, 0.1) is 6.16 Å². The molecule has 0 atom stereocenters. The first-order valence-corrected chi connectivity index (χ1v) is 12.2. The lowest BCUT2D eigenvalue weighted by Gasteiger charge is -2.10. The van der Waals surface area contributed by atoms with Gasteiger partial charge in [-0.25, -0.2) is 0 Å². The van der Waals surface area contributed by atoms with Crippen molar-refractivity contribution in [1.29, 1.82) is 0 Å². The van der Waals surface area contributed by atoms with E-state index in [1.54, 1.807) is 0 Å². The van der Waals surface area contributed by atoms with Crippen LogP contribution in [-0.2, 0) is 0 Å². The molecule has 0 aliphatic rings. The van der Waals surface area contributed by atoms with Gasteiger partial charge >= 0.3 is 0 Å². The van der Waals surface area contributed by atoms with Gasteiger partial charge in [0.1, 0.15) is 0 Å². The Labute approximate surface area is 141 Å². The Morgan fingerprint density at radius 1 is 0.500 bits per heavy atom. The molecule has 0 N–H and O–H groups in total. The van der Waals surface area contributed by atoms with E-state index in [0.717, 1.165) is 0 Å². The van der Waals surface area contributed by atoms with Crippen LogP contribution in [0.3, 0.4) is 0 Å². The smallest absolute Gasteiger partial charge is 0.0586 e. The Kier molecular flexibility index (Phi) is 18.9. The fourth-order valence-electron chi connectivity index (χ4n) is 2.60. The summed E-state index contributed by atoms with van der Waals surface area (Å²) in [7, 11) is -0.498. The Hall–Kier alpha value is 0.910. The maximum atomic E-state index is 2.47. The summed E-state index contributed by atoms with van der Waals surface area (Å²) in [6, 6.07) is 0. The third-order valence-corrected chi connectivity index (χ3v) is 5.59. The summed E-state index contributed by atoms with van der Waals surface area (Å²) in [4.78, 5) is 0. The van der Waals surface area contributed by atoms with Gasteiger partial charge in [-0.05, 0) is 12.8 Å². The molecular formula is C18H40BrP. The summed E-state index contributed by atoms with van der Waals surface area (Å²) in [5, 5.41) is 0. The molecule has 0 fully saturated rings. The lowest BCUT2D eigenvalue weighted by Crippen LogP contribution is -3.00. The molecule has 20 heavy (non-hydrogen) atoms. The second kappa shape index (κ2) is 16.3. The lowest BCUT2D eigenvalue weighted by molar-refractivity contribution is -0.00000455. The molecular weight excluding hydrogens is 327 g/mol. The Morgan fingerprint density at radius 3 is 1.10 bits per heavy atom. The van der Waals surface area contributed by atoms with Gasteiger partial charge in [-0.3, -0.25) is 0 Å². The van der Waals surface area contributed by atoms with Gasteiger partial charge in [-0.15, -0.1) is 0 Å². The average molecular weight is 367 g/mol. The highest BCUT2D eigenvalue weighted by atomic mass is 79.9. The first-order chi connectivity index (χ1) is 9.06. The Bertz CT molecular complexity index is 175. The van der Waals surface area contributed by atoms with Gasteiger partial charge in [0.25, 0.3) is 0 Å². The molecule has 0 amide bonds. The highest BCUT2D eigenvalue weighted by molar-refractivity contribution is 7.73. The van der Waals surface area contributed by atoms with Crippen LogP contribution >= 0.6 is 7.26 Å². The number of hydrogen-bond acceptors (Lipinski definition) is 0. The molecule has 0 bridgehead atoms. The zero-order valence-corrected chi connectivity index (χ0v) is 17.2. The first kappa shape index (κ1) is 23.2. The van der Waals surface area contributed by atoms with Crippen LogP contribution in [0.15, 0.2) is 0 Å². The van der Waals surface area contributed by atoms with Crippen molar-refractivity contribution >= 4 is 7.26 Å². The molecule has 0 aromatic rings. The summed E-state index contributed by atoms with van der Waals surface area (Å²) in [5.74, 6) is 0. The normalized spacial score (nSPS) is 11.4. The zero-order valence-electron chi connectivity index (χ0n) is 14.7. The quantitative estimate of drug-likeness (QED) is 0.322. The predicted octanol–water partition coefficient (Wildman–Crippen LogP) is 3.99. The van der Waals surface area contributed by atoms with E-state index in [1.807, 2.05) is 0 Å². The molecule has 0 spiro atoms. The molecule has 0 aliphatic carbocycles. The summed E-state index contributed by atoms with van der Waals surface area (Å²) < 4.78 is 0. The van der Waals surface area contributed by atoms with E-state index in [9.17, 15) is 0 Å². The van der Waals surface area contributed by atoms with E-state index < -0.39 is 7.26 Å². The van der Waals surface area contributed by atoms with Crippen molar-refractivity contribution in [2.75, 3.05) is 26.2 Å². The topological polar surface area (TPSA) is 0 Å². The van der Waals surface area contributed by atoms with Gasteiger partial charge in [0, 0.05) is 27.3 Å². The van der Waals surface area contributed by atoms with Crippen LogP contribution in [0.25, 0.3) is 0 Å². The molecule has 2 heteroatoms. The van der Waals surface area contributed by atoms with E-state index in [0.29, 0.717) is 0 Å². The van der Waals surface area contributed by atoms with Crippen LogP contribution in [0.2, 0.25) is 0 Å². The van der Waals surface area contributed by atoms with Crippen LogP contribution in [0, 0.1) is 0 Å². The van der Waals surface area contributed by atoms with Crippen LogP contribution in [0.1, 0.15) is 90.4 Å². The average Bonchev–Trinajstić information content (AvgIpc) is 2.34. The number of halogens is 1. The van der Waals surface area contributed by atoms with E-state index in [1.165, 1.54) is 89.6 Å². The molecule has 0 nitrogen and oxygen atoms in total. The molecule has 0 unspecified atom stereocenters. The Morgan fingerprint density at radius 2 is 0.800 bits per heavy atom. The molecule has 0 saturated carbocycles. The van der Waals surface area contributed by atoms with E-state index in [2.05, 4.69) is 26.9 Å². The molecule has 0 aliphatic heterocycles. The highest BCUT2D eigenvalue weighted by Crippen LogP contribution is 2.47. The standard InChI is InChI=1S/C18H40P.BrH/c1-5-6-7-8-9-10-11-12-13-14-15-16-17-18-19(2,3)4;/h5-18H2,1-4H3;1H/q+1;/p-1. The maximum Gasteiger partial charge on any atom is 0.0586 e. The monoisotopic (exact) mass is 366 g/mol. The fraction of sp³-hybridized carbons (Fsp3) is 1.00. The van der Waals surface area contributed by atoms with Crippen molar-refractivity contribution in [3.05, 3.63) is 0 Å². The maximum absolute atomic E-state index is 2.47. The van der Waals surface area contributed by atoms with Crippen molar-refractivity contribution in [3.8, 4) is 0 Å². The summed E-state index contributed by atoms with van der Waals surface area (Å²) in [6.07, 6.45) is 20.6.